The van der Waals surface area contributed by atoms with E-state index in [1.807, 2.05) is 0 Å². The van der Waals surface area contributed by atoms with Gasteiger partial charge in [-0.15, -0.1) is 0 Å². The highest BCUT2D eigenvalue weighted by molar-refractivity contribution is 5.55. The van der Waals surface area contributed by atoms with E-state index < -0.39 is 0 Å². The summed E-state index contributed by atoms with van der Waals surface area (Å²) in [7, 11) is 0. The largest absolute Gasteiger partial charge is 0.368 e. The average molecular weight is 275 g/mol. The van der Waals surface area contributed by atoms with Gasteiger partial charge in [0.2, 0.25) is 5.95 Å². The van der Waals surface area contributed by atoms with Gasteiger partial charge in [0.05, 0.1) is 5.69 Å². The molecule has 1 saturated heterocycles. The van der Waals surface area contributed by atoms with Gasteiger partial charge < -0.3 is 16.4 Å². The van der Waals surface area contributed by atoms with E-state index in [-0.39, 0.29) is 11.5 Å². The number of hydrogen-bond donors (Lipinski definition) is 2. The van der Waals surface area contributed by atoms with Crippen LogP contribution in [-0.2, 0) is 11.8 Å². The van der Waals surface area contributed by atoms with E-state index in [9.17, 15) is 0 Å². The predicted molar refractivity (Wildman–Crippen MR) is 81.8 cm³/mol. The third-order valence-electron chi connectivity index (χ3n) is 4.65. The summed E-state index contributed by atoms with van der Waals surface area (Å²) in [6, 6.07) is 0.251. The topological polar surface area (TPSA) is 81.1 Å². The summed E-state index contributed by atoms with van der Waals surface area (Å²) in [5.41, 5.74) is 14.6. The highest BCUT2D eigenvalue weighted by Crippen LogP contribution is 2.38. The van der Waals surface area contributed by atoms with Crippen molar-refractivity contribution in [1.82, 2.24) is 9.97 Å². The number of hydrogen-bond acceptors (Lipinski definition) is 5. The van der Waals surface area contributed by atoms with Crippen LogP contribution in [-0.4, -0.2) is 29.1 Å². The Balaban J connectivity index is 2.09. The number of nitrogens with zero attached hydrogens (tertiary/aromatic N) is 3. The smallest absolute Gasteiger partial charge is 0.222 e. The van der Waals surface area contributed by atoms with Crippen molar-refractivity contribution in [2.45, 2.75) is 57.4 Å². The van der Waals surface area contributed by atoms with Crippen molar-refractivity contribution in [2.75, 3.05) is 23.7 Å². The fourth-order valence-electron chi connectivity index (χ4n) is 3.51. The van der Waals surface area contributed by atoms with Crippen molar-refractivity contribution in [2.24, 2.45) is 5.73 Å². The van der Waals surface area contributed by atoms with Crippen LogP contribution < -0.4 is 16.4 Å². The molecule has 1 atom stereocenters. The molecule has 1 fully saturated rings. The molecule has 1 aromatic heterocycles. The van der Waals surface area contributed by atoms with Gasteiger partial charge in [0.1, 0.15) is 5.82 Å². The monoisotopic (exact) mass is 275 g/mol. The molecular weight excluding hydrogens is 250 g/mol. The Kier molecular flexibility index (Phi) is 3.32. The summed E-state index contributed by atoms with van der Waals surface area (Å²) in [4.78, 5) is 11.4. The van der Waals surface area contributed by atoms with Crippen LogP contribution in [0.3, 0.4) is 0 Å². The molecule has 3 rings (SSSR count). The molecule has 0 spiro atoms. The lowest BCUT2D eigenvalue weighted by Gasteiger charge is -2.27. The molecule has 20 heavy (non-hydrogen) atoms. The lowest BCUT2D eigenvalue weighted by atomic mass is 9.83. The second-order valence-electron chi connectivity index (χ2n) is 6.82. The van der Waals surface area contributed by atoms with Crippen LogP contribution in [0, 0.1) is 0 Å². The van der Waals surface area contributed by atoms with E-state index >= 15 is 0 Å². The van der Waals surface area contributed by atoms with E-state index in [0.29, 0.717) is 5.95 Å². The first-order chi connectivity index (χ1) is 9.47. The van der Waals surface area contributed by atoms with Gasteiger partial charge in [-0.25, -0.2) is 4.98 Å². The standard InChI is InChI=1S/C15H25N5/c1-15(2)7-4-3-5-11-12(15)18-14(17)19-13(11)20-8-6-10(16)9-20/h10H,3-9,16H2,1-2H3,(H2,17,18,19). The number of nitrogen functional groups attached to an aromatic ring is 1. The first kappa shape index (κ1) is 13.6. The number of nitrogens with two attached hydrogens (primary N) is 2. The summed E-state index contributed by atoms with van der Waals surface area (Å²) < 4.78 is 0. The lowest BCUT2D eigenvalue weighted by Crippen LogP contribution is -2.29. The summed E-state index contributed by atoms with van der Waals surface area (Å²) >= 11 is 0. The molecule has 0 aromatic carbocycles. The summed E-state index contributed by atoms with van der Waals surface area (Å²) in [5, 5.41) is 0. The molecule has 2 heterocycles. The molecule has 0 radical (unpaired) electrons. The molecule has 0 amide bonds. The molecule has 4 N–H and O–H groups in total. The van der Waals surface area contributed by atoms with Crippen LogP contribution in [0.25, 0.3) is 0 Å². The third-order valence-corrected chi connectivity index (χ3v) is 4.65. The highest BCUT2D eigenvalue weighted by atomic mass is 15.2. The van der Waals surface area contributed by atoms with Gasteiger partial charge in [-0.2, -0.15) is 4.98 Å². The van der Waals surface area contributed by atoms with E-state index in [2.05, 4.69) is 28.7 Å². The van der Waals surface area contributed by atoms with Gasteiger partial charge in [0, 0.05) is 30.1 Å². The minimum Gasteiger partial charge on any atom is -0.368 e. The molecule has 110 valence electrons. The molecule has 1 aliphatic heterocycles. The highest BCUT2D eigenvalue weighted by Gasteiger charge is 2.32. The molecule has 0 saturated carbocycles. The minimum absolute atomic E-state index is 0.0828. The van der Waals surface area contributed by atoms with Crippen LogP contribution in [0.1, 0.15) is 50.8 Å². The van der Waals surface area contributed by atoms with E-state index in [1.165, 1.54) is 18.4 Å². The SMILES string of the molecule is CC1(C)CCCCc2c(N3CCC(N)C3)nc(N)nc21. The lowest BCUT2D eigenvalue weighted by molar-refractivity contribution is 0.456. The second-order valence-corrected chi connectivity index (χ2v) is 6.82. The summed E-state index contributed by atoms with van der Waals surface area (Å²) in [6.07, 6.45) is 5.69. The predicted octanol–water partition coefficient (Wildman–Crippen LogP) is 1.60. The first-order valence-corrected chi connectivity index (χ1v) is 7.65. The molecule has 2 aliphatic rings. The fourth-order valence-corrected chi connectivity index (χ4v) is 3.51. The Morgan fingerprint density at radius 1 is 1.25 bits per heavy atom. The van der Waals surface area contributed by atoms with Gasteiger partial charge in [0.25, 0.3) is 0 Å². The van der Waals surface area contributed by atoms with Crippen molar-refractivity contribution in [3.8, 4) is 0 Å². The maximum atomic E-state index is 6.04. The molecule has 0 bridgehead atoms. The summed E-state index contributed by atoms with van der Waals surface area (Å²) in [6.45, 7) is 6.39. The Labute approximate surface area is 120 Å². The van der Waals surface area contributed by atoms with Crippen LogP contribution in [0.15, 0.2) is 0 Å². The quantitative estimate of drug-likeness (QED) is 0.761. The average Bonchev–Trinajstić information content (AvgIpc) is 2.75. The maximum Gasteiger partial charge on any atom is 0.222 e. The first-order valence-electron chi connectivity index (χ1n) is 7.65. The van der Waals surface area contributed by atoms with Gasteiger partial charge in [-0.1, -0.05) is 20.3 Å². The molecular formula is C15H25N5. The fraction of sp³-hybridized carbons (Fsp3) is 0.733. The Morgan fingerprint density at radius 3 is 2.75 bits per heavy atom. The normalized spacial score (nSPS) is 25.4. The molecule has 5 heteroatoms. The van der Waals surface area contributed by atoms with Crippen LogP contribution in [0.4, 0.5) is 11.8 Å². The number of fused-ring (bicyclic) bond motifs is 1. The number of rotatable bonds is 1. The van der Waals surface area contributed by atoms with Gasteiger partial charge in [-0.3, -0.25) is 0 Å². The third kappa shape index (κ3) is 2.35. The van der Waals surface area contributed by atoms with E-state index in [0.717, 1.165) is 43.9 Å². The van der Waals surface area contributed by atoms with Gasteiger partial charge >= 0.3 is 0 Å². The van der Waals surface area contributed by atoms with Crippen LogP contribution >= 0.6 is 0 Å². The number of aromatic nitrogens is 2. The molecule has 1 unspecified atom stereocenters. The zero-order valence-corrected chi connectivity index (χ0v) is 12.5. The van der Waals surface area contributed by atoms with Gasteiger partial charge in [0.15, 0.2) is 0 Å². The maximum absolute atomic E-state index is 6.04. The van der Waals surface area contributed by atoms with Crippen LogP contribution in [0.5, 0.6) is 0 Å². The van der Waals surface area contributed by atoms with Gasteiger partial charge in [-0.05, 0) is 25.7 Å². The molecule has 5 nitrogen and oxygen atoms in total. The molecule has 1 aromatic rings. The Bertz CT molecular complexity index is 511. The zero-order chi connectivity index (χ0) is 14.3. The van der Waals surface area contributed by atoms with Crippen LogP contribution in [0.2, 0.25) is 0 Å². The van der Waals surface area contributed by atoms with Crippen molar-refractivity contribution < 1.29 is 0 Å². The molecule has 1 aliphatic carbocycles. The van der Waals surface area contributed by atoms with Crippen molar-refractivity contribution in [1.29, 1.82) is 0 Å². The summed E-state index contributed by atoms with van der Waals surface area (Å²) in [5.74, 6) is 1.43. The number of anilines is 2. The van der Waals surface area contributed by atoms with Crippen molar-refractivity contribution >= 4 is 11.8 Å². The zero-order valence-electron chi connectivity index (χ0n) is 12.5. The minimum atomic E-state index is 0.0828. The van der Waals surface area contributed by atoms with Crippen molar-refractivity contribution in [3.63, 3.8) is 0 Å². The Hall–Kier alpha value is -1.36. The Morgan fingerprint density at radius 2 is 2.05 bits per heavy atom. The van der Waals surface area contributed by atoms with Crippen molar-refractivity contribution in [3.05, 3.63) is 11.3 Å². The van der Waals surface area contributed by atoms with E-state index in [4.69, 9.17) is 11.5 Å². The second kappa shape index (κ2) is 4.88. The van der Waals surface area contributed by atoms with E-state index in [1.54, 1.807) is 0 Å².